The molecule has 0 saturated carbocycles. The lowest BCUT2D eigenvalue weighted by molar-refractivity contribution is 0.175. The van der Waals surface area contributed by atoms with Gasteiger partial charge in [0.05, 0.1) is 12.4 Å². The second kappa shape index (κ2) is 5.21. The van der Waals surface area contributed by atoms with Crippen molar-refractivity contribution in [2.24, 2.45) is 0 Å². The minimum Gasteiger partial charge on any atom is -0.457 e. The average Bonchev–Trinajstić information content (AvgIpc) is 2.70. The molecule has 0 fully saturated rings. The van der Waals surface area contributed by atoms with E-state index in [9.17, 15) is 9.50 Å². The van der Waals surface area contributed by atoms with Crippen molar-refractivity contribution in [1.29, 1.82) is 0 Å². The zero-order valence-corrected chi connectivity index (χ0v) is 11.0. The van der Waals surface area contributed by atoms with E-state index < -0.39 is 6.10 Å². The van der Waals surface area contributed by atoms with E-state index in [0.29, 0.717) is 20.8 Å². The SMILES string of the molecule is OC(Cc1cc(Cl)ccc1F)c1ccoc1Br. The maximum Gasteiger partial charge on any atom is 0.174 e. The summed E-state index contributed by atoms with van der Waals surface area (Å²) in [4.78, 5) is 0. The Bertz CT molecular complexity index is 527. The maximum atomic E-state index is 13.5. The lowest BCUT2D eigenvalue weighted by atomic mass is 10.0. The first-order valence-electron chi connectivity index (χ1n) is 4.93. The van der Waals surface area contributed by atoms with Gasteiger partial charge in [-0.1, -0.05) is 11.6 Å². The number of hydrogen-bond donors (Lipinski definition) is 1. The predicted molar refractivity (Wildman–Crippen MR) is 66.5 cm³/mol. The summed E-state index contributed by atoms with van der Waals surface area (Å²) < 4.78 is 18.9. The van der Waals surface area contributed by atoms with Gasteiger partial charge < -0.3 is 9.52 Å². The molecule has 0 saturated heterocycles. The van der Waals surface area contributed by atoms with Crippen LogP contribution in [0.25, 0.3) is 0 Å². The van der Waals surface area contributed by atoms with E-state index in [4.69, 9.17) is 16.0 Å². The van der Waals surface area contributed by atoms with Gasteiger partial charge in [-0.3, -0.25) is 0 Å². The summed E-state index contributed by atoms with van der Waals surface area (Å²) in [5, 5.41) is 10.4. The van der Waals surface area contributed by atoms with Gasteiger partial charge in [-0.15, -0.1) is 0 Å². The van der Waals surface area contributed by atoms with Gasteiger partial charge in [-0.2, -0.15) is 0 Å². The number of aliphatic hydroxyl groups excluding tert-OH is 1. The highest BCUT2D eigenvalue weighted by molar-refractivity contribution is 9.10. The number of rotatable bonds is 3. The van der Waals surface area contributed by atoms with Gasteiger partial charge in [0.15, 0.2) is 4.67 Å². The van der Waals surface area contributed by atoms with Crippen molar-refractivity contribution in [3.05, 3.63) is 57.2 Å². The summed E-state index contributed by atoms with van der Waals surface area (Å²) in [5.74, 6) is -0.381. The Hall–Kier alpha value is -0.840. The fraction of sp³-hybridized carbons (Fsp3) is 0.167. The Morgan fingerprint density at radius 1 is 1.41 bits per heavy atom. The van der Waals surface area contributed by atoms with Crippen LogP contribution < -0.4 is 0 Å². The van der Waals surface area contributed by atoms with Crippen molar-refractivity contribution in [3.63, 3.8) is 0 Å². The van der Waals surface area contributed by atoms with Crippen molar-refractivity contribution in [1.82, 2.24) is 0 Å². The number of furan rings is 1. The molecule has 0 spiro atoms. The lowest BCUT2D eigenvalue weighted by Crippen LogP contribution is -2.03. The molecule has 0 aliphatic rings. The van der Waals surface area contributed by atoms with E-state index in [1.807, 2.05) is 0 Å². The zero-order valence-electron chi connectivity index (χ0n) is 8.66. The lowest BCUT2D eigenvalue weighted by Gasteiger charge is -2.10. The van der Waals surface area contributed by atoms with Gasteiger partial charge in [0.25, 0.3) is 0 Å². The summed E-state index contributed by atoms with van der Waals surface area (Å²) in [7, 11) is 0. The number of aliphatic hydroxyl groups is 1. The topological polar surface area (TPSA) is 33.4 Å². The zero-order chi connectivity index (χ0) is 12.4. The Kier molecular flexibility index (Phi) is 3.86. The molecule has 0 radical (unpaired) electrons. The highest BCUT2D eigenvalue weighted by Gasteiger charge is 2.16. The van der Waals surface area contributed by atoms with Crippen LogP contribution in [0.2, 0.25) is 5.02 Å². The Morgan fingerprint density at radius 3 is 2.82 bits per heavy atom. The molecule has 2 aromatic rings. The normalized spacial score (nSPS) is 12.7. The van der Waals surface area contributed by atoms with Crippen molar-refractivity contribution in [3.8, 4) is 0 Å². The van der Waals surface area contributed by atoms with Gasteiger partial charge in [-0.25, -0.2) is 4.39 Å². The minimum atomic E-state index is -0.837. The molecule has 5 heteroatoms. The van der Waals surface area contributed by atoms with Crippen molar-refractivity contribution < 1.29 is 13.9 Å². The molecular formula is C12H9BrClFO2. The third-order valence-corrected chi connectivity index (χ3v) is 3.31. The third-order valence-electron chi connectivity index (χ3n) is 2.43. The van der Waals surface area contributed by atoms with E-state index in [-0.39, 0.29) is 12.2 Å². The van der Waals surface area contributed by atoms with E-state index in [0.717, 1.165) is 0 Å². The molecule has 1 atom stereocenters. The largest absolute Gasteiger partial charge is 0.457 e. The van der Waals surface area contributed by atoms with Crippen LogP contribution in [-0.4, -0.2) is 5.11 Å². The summed E-state index contributed by atoms with van der Waals surface area (Å²) in [6.07, 6.45) is 0.762. The first kappa shape index (κ1) is 12.6. The molecule has 17 heavy (non-hydrogen) atoms. The molecule has 1 heterocycles. The van der Waals surface area contributed by atoms with Gasteiger partial charge >= 0.3 is 0 Å². The van der Waals surface area contributed by atoms with Gasteiger partial charge in [-0.05, 0) is 45.8 Å². The van der Waals surface area contributed by atoms with Crippen LogP contribution in [0.1, 0.15) is 17.2 Å². The molecule has 90 valence electrons. The Balaban J connectivity index is 2.21. The van der Waals surface area contributed by atoms with Gasteiger partial charge in [0.2, 0.25) is 0 Å². The Morgan fingerprint density at radius 2 is 2.18 bits per heavy atom. The van der Waals surface area contributed by atoms with E-state index in [2.05, 4.69) is 15.9 Å². The van der Waals surface area contributed by atoms with Crippen LogP contribution in [-0.2, 0) is 6.42 Å². The molecule has 1 aromatic heterocycles. The van der Waals surface area contributed by atoms with Crippen LogP contribution in [0.4, 0.5) is 4.39 Å². The number of halogens is 3. The quantitative estimate of drug-likeness (QED) is 0.923. The minimum absolute atomic E-state index is 0.143. The standard InChI is InChI=1S/C12H9BrClFO2/c13-12-9(3-4-17-12)11(16)6-7-5-8(14)1-2-10(7)15/h1-5,11,16H,6H2. The van der Waals surface area contributed by atoms with E-state index in [1.165, 1.54) is 24.5 Å². The fourth-order valence-electron chi connectivity index (χ4n) is 1.56. The molecule has 0 bridgehead atoms. The molecular weight excluding hydrogens is 310 g/mol. The van der Waals surface area contributed by atoms with Crippen LogP contribution in [0.5, 0.6) is 0 Å². The van der Waals surface area contributed by atoms with Crippen LogP contribution in [0.15, 0.2) is 39.6 Å². The fourth-order valence-corrected chi connectivity index (χ4v) is 2.26. The third kappa shape index (κ3) is 2.89. The molecule has 1 unspecified atom stereocenters. The molecule has 2 nitrogen and oxygen atoms in total. The molecule has 2 rings (SSSR count). The predicted octanol–water partition coefficient (Wildman–Crippen LogP) is 4.11. The van der Waals surface area contributed by atoms with Crippen molar-refractivity contribution >= 4 is 27.5 Å². The summed E-state index contributed by atoms with van der Waals surface area (Å²) in [6.45, 7) is 0. The van der Waals surface area contributed by atoms with E-state index in [1.54, 1.807) is 6.07 Å². The average molecular weight is 320 g/mol. The monoisotopic (exact) mass is 318 g/mol. The molecule has 0 aliphatic heterocycles. The maximum absolute atomic E-state index is 13.5. The van der Waals surface area contributed by atoms with Crippen LogP contribution in [0.3, 0.4) is 0 Å². The summed E-state index contributed by atoms with van der Waals surface area (Å²) in [6, 6.07) is 5.90. The first-order valence-corrected chi connectivity index (χ1v) is 6.10. The molecule has 1 N–H and O–H groups in total. The highest BCUT2D eigenvalue weighted by atomic mass is 79.9. The Labute approximate surface area is 111 Å². The highest BCUT2D eigenvalue weighted by Crippen LogP contribution is 2.28. The summed E-state index contributed by atoms with van der Waals surface area (Å²) in [5.41, 5.74) is 0.961. The summed E-state index contributed by atoms with van der Waals surface area (Å²) >= 11 is 8.95. The van der Waals surface area contributed by atoms with E-state index >= 15 is 0 Å². The van der Waals surface area contributed by atoms with Crippen LogP contribution in [0, 0.1) is 5.82 Å². The van der Waals surface area contributed by atoms with Crippen molar-refractivity contribution in [2.45, 2.75) is 12.5 Å². The van der Waals surface area contributed by atoms with Gasteiger partial charge in [0.1, 0.15) is 5.82 Å². The number of benzene rings is 1. The van der Waals surface area contributed by atoms with Crippen LogP contribution >= 0.6 is 27.5 Å². The molecule has 0 aliphatic carbocycles. The first-order chi connectivity index (χ1) is 8.08. The molecule has 0 amide bonds. The van der Waals surface area contributed by atoms with Gasteiger partial charge in [0, 0.05) is 17.0 Å². The second-order valence-electron chi connectivity index (χ2n) is 3.61. The molecule has 1 aromatic carbocycles. The van der Waals surface area contributed by atoms with Crippen molar-refractivity contribution in [2.75, 3.05) is 0 Å². The number of hydrogen-bond acceptors (Lipinski definition) is 2. The smallest absolute Gasteiger partial charge is 0.174 e. The second-order valence-corrected chi connectivity index (χ2v) is 4.76.